The van der Waals surface area contributed by atoms with E-state index in [-0.39, 0.29) is 18.0 Å². The first-order valence-electron chi connectivity index (χ1n) is 7.61. The highest BCUT2D eigenvalue weighted by atomic mass is 35.5. The lowest BCUT2D eigenvalue weighted by molar-refractivity contribution is -0.139. The van der Waals surface area contributed by atoms with Crippen molar-refractivity contribution in [2.75, 3.05) is 12.5 Å². The molecule has 0 saturated carbocycles. The second-order valence-corrected chi connectivity index (χ2v) is 5.65. The standard InChI is InChI=1S/C18H15ClN2O4/c19-9-10-21-17(20-14-7-3-1-5-12(14)18(21)24)13-6-2-4-8-15(13)25-11-16(22)23/h1-8H,9-11H2,(H,22,23). The molecule has 0 aliphatic heterocycles. The van der Waals surface area contributed by atoms with Crippen molar-refractivity contribution < 1.29 is 14.6 Å². The number of rotatable bonds is 6. The molecule has 1 heterocycles. The molecule has 0 saturated heterocycles. The van der Waals surface area contributed by atoms with Gasteiger partial charge in [-0.25, -0.2) is 9.78 Å². The number of ether oxygens (including phenoxy) is 1. The highest BCUT2D eigenvalue weighted by Crippen LogP contribution is 2.29. The van der Waals surface area contributed by atoms with E-state index in [9.17, 15) is 9.59 Å². The minimum Gasteiger partial charge on any atom is -0.481 e. The number of fused-ring (bicyclic) bond motifs is 1. The van der Waals surface area contributed by atoms with Crippen molar-refractivity contribution in [1.82, 2.24) is 9.55 Å². The molecule has 0 radical (unpaired) electrons. The number of halogens is 1. The van der Waals surface area contributed by atoms with Crippen LogP contribution < -0.4 is 10.3 Å². The van der Waals surface area contributed by atoms with E-state index in [1.807, 2.05) is 0 Å². The summed E-state index contributed by atoms with van der Waals surface area (Å²) in [5.74, 6) is -0.106. The van der Waals surface area contributed by atoms with Crippen molar-refractivity contribution in [2.24, 2.45) is 0 Å². The first-order chi connectivity index (χ1) is 12.1. The monoisotopic (exact) mass is 358 g/mol. The fourth-order valence-electron chi connectivity index (χ4n) is 2.58. The predicted molar refractivity (Wildman–Crippen MR) is 95.3 cm³/mol. The quantitative estimate of drug-likeness (QED) is 0.685. The van der Waals surface area contributed by atoms with Gasteiger partial charge >= 0.3 is 5.97 Å². The summed E-state index contributed by atoms with van der Waals surface area (Å²) in [6, 6.07) is 13.9. The molecule has 128 valence electrons. The number of hydrogen-bond acceptors (Lipinski definition) is 4. The normalized spacial score (nSPS) is 10.8. The summed E-state index contributed by atoms with van der Waals surface area (Å²) in [6.07, 6.45) is 0. The van der Waals surface area contributed by atoms with Gasteiger partial charge in [-0.2, -0.15) is 0 Å². The number of hydrogen-bond donors (Lipinski definition) is 1. The Hall–Kier alpha value is -2.86. The molecule has 2 aromatic carbocycles. The van der Waals surface area contributed by atoms with Gasteiger partial charge in [0.1, 0.15) is 11.6 Å². The molecule has 1 N–H and O–H groups in total. The van der Waals surface area contributed by atoms with E-state index >= 15 is 0 Å². The smallest absolute Gasteiger partial charge is 0.341 e. The van der Waals surface area contributed by atoms with Crippen LogP contribution >= 0.6 is 11.6 Å². The Kier molecular flexibility index (Phi) is 5.00. The van der Waals surface area contributed by atoms with E-state index in [1.54, 1.807) is 48.5 Å². The molecule has 7 heteroatoms. The van der Waals surface area contributed by atoms with Gasteiger partial charge < -0.3 is 9.84 Å². The SMILES string of the molecule is O=C(O)COc1ccccc1-c1nc2ccccc2c(=O)n1CCCl. The van der Waals surface area contributed by atoms with E-state index in [4.69, 9.17) is 21.4 Å². The average Bonchev–Trinajstić information content (AvgIpc) is 2.62. The van der Waals surface area contributed by atoms with Gasteiger partial charge in [0.05, 0.1) is 16.5 Å². The summed E-state index contributed by atoms with van der Waals surface area (Å²) in [6.45, 7) is -0.203. The lowest BCUT2D eigenvalue weighted by Crippen LogP contribution is -2.24. The average molecular weight is 359 g/mol. The summed E-state index contributed by atoms with van der Waals surface area (Å²) in [5, 5.41) is 9.35. The van der Waals surface area contributed by atoms with E-state index < -0.39 is 12.6 Å². The third-order valence-electron chi connectivity index (χ3n) is 3.65. The predicted octanol–water partition coefficient (Wildman–Crippen LogP) is 2.77. The van der Waals surface area contributed by atoms with Crippen LogP contribution in [0.2, 0.25) is 0 Å². The molecule has 0 fully saturated rings. The largest absolute Gasteiger partial charge is 0.481 e. The molecular weight excluding hydrogens is 344 g/mol. The maximum atomic E-state index is 12.8. The Balaban J connectivity index is 2.23. The van der Waals surface area contributed by atoms with Crippen LogP contribution in [0.1, 0.15) is 0 Å². The fraction of sp³-hybridized carbons (Fsp3) is 0.167. The van der Waals surface area contributed by atoms with Crippen LogP contribution in [0.15, 0.2) is 53.3 Å². The lowest BCUT2D eigenvalue weighted by Gasteiger charge is -2.15. The van der Waals surface area contributed by atoms with Crippen LogP contribution in [0.3, 0.4) is 0 Å². The van der Waals surface area contributed by atoms with Crippen molar-refractivity contribution in [2.45, 2.75) is 6.54 Å². The topological polar surface area (TPSA) is 81.4 Å². The van der Waals surface area contributed by atoms with E-state index in [0.717, 1.165) is 0 Å². The summed E-state index contributed by atoms with van der Waals surface area (Å²) in [7, 11) is 0. The number of alkyl halides is 1. The molecule has 1 aromatic heterocycles. The van der Waals surface area contributed by atoms with E-state index in [0.29, 0.717) is 28.0 Å². The van der Waals surface area contributed by atoms with Gasteiger partial charge in [-0.15, -0.1) is 11.6 Å². The number of carboxylic acid groups (broad SMARTS) is 1. The number of benzene rings is 2. The number of aromatic nitrogens is 2. The van der Waals surface area contributed by atoms with Crippen LogP contribution in [0.4, 0.5) is 0 Å². The zero-order valence-corrected chi connectivity index (χ0v) is 13.9. The zero-order chi connectivity index (χ0) is 17.8. The summed E-state index contributed by atoms with van der Waals surface area (Å²) in [5.41, 5.74) is 0.896. The van der Waals surface area contributed by atoms with Crippen molar-refractivity contribution >= 4 is 28.5 Å². The van der Waals surface area contributed by atoms with Gasteiger partial charge in [-0.3, -0.25) is 9.36 Å². The highest BCUT2D eigenvalue weighted by Gasteiger charge is 2.16. The number of carboxylic acids is 1. The Morgan fingerprint density at radius 2 is 1.88 bits per heavy atom. The van der Waals surface area contributed by atoms with Crippen LogP contribution in [-0.4, -0.2) is 33.1 Å². The minimum atomic E-state index is -1.08. The molecule has 25 heavy (non-hydrogen) atoms. The molecule has 3 aromatic rings. The maximum Gasteiger partial charge on any atom is 0.341 e. The molecule has 0 unspecified atom stereocenters. The van der Waals surface area contributed by atoms with Crippen molar-refractivity contribution in [3.05, 3.63) is 58.9 Å². The molecule has 0 amide bonds. The molecule has 0 atom stereocenters. The van der Waals surface area contributed by atoms with Crippen molar-refractivity contribution in [3.63, 3.8) is 0 Å². The maximum absolute atomic E-state index is 12.8. The third-order valence-corrected chi connectivity index (χ3v) is 3.82. The lowest BCUT2D eigenvalue weighted by atomic mass is 10.1. The summed E-state index contributed by atoms with van der Waals surface area (Å²) >= 11 is 5.86. The number of nitrogens with zero attached hydrogens (tertiary/aromatic N) is 2. The molecular formula is C18H15ClN2O4. The van der Waals surface area contributed by atoms with E-state index in [2.05, 4.69) is 4.98 Å². The first-order valence-corrected chi connectivity index (χ1v) is 8.15. The second-order valence-electron chi connectivity index (χ2n) is 5.28. The van der Waals surface area contributed by atoms with Gasteiger partial charge in [-0.1, -0.05) is 24.3 Å². The van der Waals surface area contributed by atoms with Gasteiger partial charge in [0.15, 0.2) is 6.61 Å². The Labute approximate surface area is 148 Å². The second kappa shape index (κ2) is 7.36. The van der Waals surface area contributed by atoms with Crippen LogP contribution in [-0.2, 0) is 11.3 Å². The fourth-order valence-corrected chi connectivity index (χ4v) is 2.75. The third kappa shape index (κ3) is 3.49. The summed E-state index contributed by atoms with van der Waals surface area (Å²) in [4.78, 5) is 28.2. The molecule has 0 aliphatic carbocycles. The first kappa shape index (κ1) is 17.0. The van der Waals surface area contributed by atoms with E-state index in [1.165, 1.54) is 4.57 Å². The van der Waals surface area contributed by atoms with Crippen LogP contribution in [0, 0.1) is 0 Å². The number of aliphatic carboxylic acids is 1. The minimum absolute atomic E-state index is 0.200. The zero-order valence-electron chi connectivity index (χ0n) is 13.2. The van der Waals surface area contributed by atoms with Crippen molar-refractivity contribution in [3.8, 4) is 17.1 Å². The van der Waals surface area contributed by atoms with Gasteiger partial charge in [0.2, 0.25) is 0 Å². The number of para-hydroxylation sites is 2. The van der Waals surface area contributed by atoms with Crippen molar-refractivity contribution in [1.29, 1.82) is 0 Å². The van der Waals surface area contributed by atoms with Crippen LogP contribution in [0.25, 0.3) is 22.3 Å². The highest BCUT2D eigenvalue weighted by molar-refractivity contribution is 6.17. The Morgan fingerprint density at radius 1 is 1.16 bits per heavy atom. The number of carbonyl (C=O) groups is 1. The molecule has 0 bridgehead atoms. The summed E-state index contributed by atoms with van der Waals surface area (Å²) < 4.78 is 6.83. The Bertz CT molecular complexity index is 984. The van der Waals surface area contributed by atoms with Gasteiger partial charge in [-0.05, 0) is 24.3 Å². The van der Waals surface area contributed by atoms with Gasteiger partial charge in [0.25, 0.3) is 5.56 Å². The van der Waals surface area contributed by atoms with Crippen LogP contribution in [0.5, 0.6) is 5.75 Å². The molecule has 0 spiro atoms. The molecule has 3 rings (SSSR count). The molecule has 6 nitrogen and oxygen atoms in total. The van der Waals surface area contributed by atoms with Gasteiger partial charge in [0, 0.05) is 12.4 Å². The Morgan fingerprint density at radius 3 is 2.64 bits per heavy atom. The molecule has 0 aliphatic rings.